The van der Waals surface area contributed by atoms with Gasteiger partial charge in [-0.15, -0.1) is 0 Å². The fourth-order valence-corrected chi connectivity index (χ4v) is 1.71. The van der Waals surface area contributed by atoms with Gasteiger partial charge in [0.1, 0.15) is 0 Å². The van der Waals surface area contributed by atoms with Gasteiger partial charge in [-0.05, 0) is 17.2 Å². The van der Waals surface area contributed by atoms with E-state index in [-0.39, 0.29) is 0 Å². The summed E-state index contributed by atoms with van der Waals surface area (Å²) < 4.78 is 0. The monoisotopic (exact) mass is 241 g/mol. The van der Waals surface area contributed by atoms with Gasteiger partial charge in [0, 0.05) is 10.5 Å². The van der Waals surface area contributed by atoms with Crippen LogP contribution in [0.25, 0.3) is 11.1 Å². The highest BCUT2D eigenvalue weighted by atomic mass is 16.6. The Labute approximate surface area is 104 Å². The SMILES string of the molecule is O=C(C[N+](=O)[O-])c1cccc(-c2ccccc2)c1. The van der Waals surface area contributed by atoms with Crippen molar-refractivity contribution in [2.45, 2.75) is 0 Å². The molecule has 0 saturated heterocycles. The second kappa shape index (κ2) is 5.23. The molecule has 0 aliphatic rings. The molecule has 0 saturated carbocycles. The van der Waals surface area contributed by atoms with Crippen LogP contribution in [0.2, 0.25) is 0 Å². The molecule has 4 heteroatoms. The highest BCUT2D eigenvalue weighted by molar-refractivity contribution is 5.98. The summed E-state index contributed by atoms with van der Waals surface area (Å²) in [5.41, 5.74) is 2.23. The molecule has 0 aromatic heterocycles. The van der Waals surface area contributed by atoms with Crippen molar-refractivity contribution in [3.8, 4) is 11.1 Å². The first-order chi connectivity index (χ1) is 8.66. The van der Waals surface area contributed by atoms with E-state index in [4.69, 9.17) is 0 Å². The zero-order valence-corrected chi connectivity index (χ0v) is 9.58. The second-order valence-corrected chi connectivity index (χ2v) is 3.86. The third kappa shape index (κ3) is 2.79. The Morgan fingerprint density at radius 1 is 1.00 bits per heavy atom. The predicted octanol–water partition coefficient (Wildman–Crippen LogP) is 2.81. The molecule has 0 bridgehead atoms. The molecule has 90 valence electrons. The number of ketones is 1. The van der Waals surface area contributed by atoms with Crippen LogP contribution in [0.4, 0.5) is 0 Å². The molecule has 2 rings (SSSR count). The van der Waals surface area contributed by atoms with Crippen LogP contribution < -0.4 is 0 Å². The van der Waals surface area contributed by atoms with Crippen LogP contribution in [0.1, 0.15) is 10.4 Å². The standard InChI is InChI=1S/C14H11NO3/c16-14(10-15(17)18)13-8-4-7-12(9-13)11-5-2-1-3-6-11/h1-9H,10H2. The highest BCUT2D eigenvalue weighted by Gasteiger charge is 2.12. The topological polar surface area (TPSA) is 60.2 Å². The molecule has 18 heavy (non-hydrogen) atoms. The number of carbonyl (C=O) groups is 1. The van der Waals surface area contributed by atoms with Gasteiger partial charge in [0.2, 0.25) is 5.78 Å². The first kappa shape index (κ1) is 12.0. The van der Waals surface area contributed by atoms with E-state index in [1.54, 1.807) is 18.2 Å². The van der Waals surface area contributed by atoms with Gasteiger partial charge in [0.15, 0.2) is 0 Å². The van der Waals surface area contributed by atoms with Crippen molar-refractivity contribution in [3.05, 3.63) is 70.3 Å². The fraction of sp³-hybridized carbons (Fsp3) is 0.0714. The molecule has 2 aromatic rings. The van der Waals surface area contributed by atoms with Crippen LogP contribution in [-0.2, 0) is 0 Å². The molecule has 0 N–H and O–H groups in total. The Bertz CT molecular complexity index is 579. The third-order valence-corrected chi connectivity index (χ3v) is 2.56. The Balaban J connectivity index is 2.31. The van der Waals surface area contributed by atoms with Gasteiger partial charge < -0.3 is 0 Å². The maximum absolute atomic E-state index is 11.6. The number of hydrogen-bond acceptors (Lipinski definition) is 3. The average molecular weight is 241 g/mol. The predicted molar refractivity (Wildman–Crippen MR) is 68.1 cm³/mol. The minimum Gasteiger partial charge on any atom is -0.287 e. The number of Topliss-reactive ketones (excluding diaryl/α,β-unsaturated/α-hetero) is 1. The summed E-state index contributed by atoms with van der Waals surface area (Å²) in [5.74, 6) is -0.474. The minimum atomic E-state index is -0.668. The van der Waals surface area contributed by atoms with Crippen LogP contribution in [0.5, 0.6) is 0 Å². The second-order valence-electron chi connectivity index (χ2n) is 3.86. The van der Waals surface area contributed by atoms with Crippen molar-refractivity contribution in [1.29, 1.82) is 0 Å². The first-order valence-corrected chi connectivity index (χ1v) is 5.47. The van der Waals surface area contributed by atoms with Crippen molar-refractivity contribution in [3.63, 3.8) is 0 Å². The average Bonchev–Trinajstić information content (AvgIpc) is 2.39. The maximum atomic E-state index is 11.6. The quantitative estimate of drug-likeness (QED) is 0.469. The molecule has 2 aromatic carbocycles. The van der Waals surface area contributed by atoms with Crippen molar-refractivity contribution in [2.75, 3.05) is 6.54 Å². The molecule has 0 amide bonds. The number of carbonyl (C=O) groups excluding carboxylic acids is 1. The first-order valence-electron chi connectivity index (χ1n) is 5.47. The van der Waals surface area contributed by atoms with E-state index in [2.05, 4.69) is 0 Å². The summed E-state index contributed by atoms with van der Waals surface area (Å²) >= 11 is 0. The number of nitro groups is 1. The minimum absolute atomic E-state index is 0.369. The van der Waals surface area contributed by atoms with E-state index >= 15 is 0 Å². The zero-order chi connectivity index (χ0) is 13.0. The van der Waals surface area contributed by atoms with Crippen molar-refractivity contribution < 1.29 is 9.72 Å². The van der Waals surface area contributed by atoms with E-state index in [1.807, 2.05) is 36.4 Å². The molecule has 0 fully saturated rings. The zero-order valence-electron chi connectivity index (χ0n) is 9.58. The molecule has 0 spiro atoms. The van der Waals surface area contributed by atoms with E-state index in [1.165, 1.54) is 0 Å². The lowest BCUT2D eigenvalue weighted by Crippen LogP contribution is -2.13. The summed E-state index contributed by atoms with van der Waals surface area (Å²) in [7, 11) is 0. The summed E-state index contributed by atoms with van der Waals surface area (Å²) in [4.78, 5) is 21.3. The third-order valence-electron chi connectivity index (χ3n) is 2.56. The smallest absolute Gasteiger partial charge is 0.265 e. The van der Waals surface area contributed by atoms with Crippen LogP contribution in [0.15, 0.2) is 54.6 Å². The summed E-state index contributed by atoms with van der Waals surface area (Å²) in [6, 6.07) is 16.5. The molecular weight excluding hydrogens is 230 g/mol. The molecule has 0 atom stereocenters. The fourth-order valence-electron chi connectivity index (χ4n) is 1.71. The van der Waals surface area contributed by atoms with Gasteiger partial charge in [-0.25, -0.2) is 0 Å². The lowest BCUT2D eigenvalue weighted by molar-refractivity contribution is -0.465. The molecule has 0 aliphatic heterocycles. The van der Waals surface area contributed by atoms with Gasteiger partial charge in [0.25, 0.3) is 6.54 Å². The van der Waals surface area contributed by atoms with Crippen LogP contribution in [-0.4, -0.2) is 17.3 Å². The van der Waals surface area contributed by atoms with Crippen LogP contribution in [0, 0.1) is 10.1 Å². The van der Waals surface area contributed by atoms with Gasteiger partial charge in [-0.1, -0.05) is 48.5 Å². The van der Waals surface area contributed by atoms with Gasteiger partial charge in [-0.2, -0.15) is 0 Å². The van der Waals surface area contributed by atoms with E-state index in [9.17, 15) is 14.9 Å². The highest BCUT2D eigenvalue weighted by Crippen LogP contribution is 2.20. The van der Waals surface area contributed by atoms with E-state index < -0.39 is 17.3 Å². The molecule has 0 heterocycles. The molecular formula is C14H11NO3. The van der Waals surface area contributed by atoms with Gasteiger partial charge in [-0.3, -0.25) is 14.9 Å². The Kier molecular flexibility index (Phi) is 3.48. The van der Waals surface area contributed by atoms with Crippen molar-refractivity contribution in [1.82, 2.24) is 0 Å². The molecule has 0 aliphatic carbocycles. The summed E-state index contributed by atoms with van der Waals surface area (Å²) in [6.07, 6.45) is 0. The number of benzene rings is 2. The van der Waals surface area contributed by atoms with E-state index in [0.717, 1.165) is 11.1 Å². The molecule has 0 radical (unpaired) electrons. The number of rotatable bonds is 4. The largest absolute Gasteiger partial charge is 0.287 e. The lowest BCUT2D eigenvalue weighted by Gasteiger charge is -2.03. The molecule has 4 nitrogen and oxygen atoms in total. The maximum Gasteiger partial charge on any atom is 0.265 e. The summed E-state index contributed by atoms with van der Waals surface area (Å²) in [5, 5.41) is 10.3. The Hall–Kier alpha value is -2.49. The van der Waals surface area contributed by atoms with Crippen LogP contribution in [0.3, 0.4) is 0 Å². The normalized spacial score (nSPS) is 10.0. The van der Waals surface area contributed by atoms with Gasteiger partial charge in [0.05, 0.1) is 0 Å². The number of nitrogens with zero attached hydrogens (tertiary/aromatic N) is 1. The van der Waals surface area contributed by atoms with E-state index in [0.29, 0.717) is 5.56 Å². The Morgan fingerprint density at radius 3 is 2.33 bits per heavy atom. The van der Waals surface area contributed by atoms with Crippen molar-refractivity contribution in [2.24, 2.45) is 0 Å². The number of hydrogen-bond donors (Lipinski definition) is 0. The summed E-state index contributed by atoms with van der Waals surface area (Å²) in [6.45, 7) is -0.668. The van der Waals surface area contributed by atoms with Crippen LogP contribution >= 0.6 is 0 Å². The molecule has 0 unspecified atom stereocenters. The van der Waals surface area contributed by atoms with Gasteiger partial charge >= 0.3 is 0 Å². The lowest BCUT2D eigenvalue weighted by atomic mass is 10.0. The Morgan fingerprint density at radius 2 is 1.67 bits per heavy atom. The van der Waals surface area contributed by atoms with Crippen molar-refractivity contribution >= 4 is 5.78 Å².